The van der Waals surface area contributed by atoms with E-state index in [1.165, 1.54) is 24.3 Å². The van der Waals surface area contributed by atoms with E-state index in [4.69, 9.17) is 0 Å². The molecule has 1 unspecified atom stereocenters. The van der Waals surface area contributed by atoms with E-state index in [2.05, 4.69) is 10.6 Å². The molecule has 5 nitrogen and oxygen atoms in total. The van der Waals surface area contributed by atoms with Gasteiger partial charge in [0, 0.05) is 12.2 Å². The Hall–Kier alpha value is -2.73. The summed E-state index contributed by atoms with van der Waals surface area (Å²) in [5.74, 6) is -2.08. The van der Waals surface area contributed by atoms with Crippen LogP contribution in [0.15, 0.2) is 54.6 Å². The van der Waals surface area contributed by atoms with E-state index in [1.807, 2.05) is 18.2 Å². The first-order chi connectivity index (χ1) is 11.1. The van der Waals surface area contributed by atoms with E-state index in [-0.39, 0.29) is 6.54 Å². The lowest BCUT2D eigenvalue weighted by Gasteiger charge is -2.11. The van der Waals surface area contributed by atoms with Gasteiger partial charge in [0.15, 0.2) is 0 Å². The lowest BCUT2D eigenvalue weighted by atomic mass is 10.1. The number of anilines is 1. The zero-order valence-corrected chi connectivity index (χ0v) is 12.3. The van der Waals surface area contributed by atoms with E-state index in [0.717, 1.165) is 5.56 Å². The molecule has 2 amide bonds. The molecule has 0 aromatic heterocycles. The average molecular weight is 316 g/mol. The van der Waals surface area contributed by atoms with Crippen LogP contribution in [0, 0.1) is 5.82 Å². The van der Waals surface area contributed by atoms with Crippen molar-refractivity contribution in [1.29, 1.82) is 0 Å². The van der Waals surface area contributed by atoms with Gasteiger partial charge in [0.05, 0.1) is 6.10 Å². The largest absolute Gasteiger partial charge is 0.388 e. The van der Waals surface area contributed by atoms with Crippen molar-refractivity contribution in [1.82, 2.24) is 5.32 Å². The normalized spacial score (nSPS) is 11.6. The molecule has 0 radical (unpaired) electrons. The Bertz CT molecular complexity index is 659. The summed E-state index contributed by atoms with van der Waals surface area (Å²) in [4.78, 5) is 23.3. The van der Waals surface area contributed by atoms with Gasteiger partial charge in [-0.05, 0) is 36.2 Å². The topological polar surface area (TPSA) is 78.4 Å². The van der Waals surface area contributed by atoms with Crippen LogP contribution in [0.3, 0.4) is 0 Å². The van der Waals surface area contributed by atoms with E-state index in [9.17, 15) is 19.1 Å². The molecular weight excluding hydrogens is 299 g/mol. The fraction of sp³-hybridized carbons (Fsp3) is 0.176. The first-order valence-electron chi connectivity index (χ1n) is 7.14. The highest BCUT2D eigenvalue weighted by molar-refractivity contribution is 6.39. The highest BCUT2D eigenvalue weighted by Gasteiger charge is 2.14. The average Bonchev–Trinajstić information content (AvgIpc) is 2.57. The molecule has 1 atom stereocenters. The monoisotopic (exact) mass is 316 g/mol. The molecule has 0 saturated heterocycles. The maximum atomic E-state index is 12.7. The first-order valence-corrected chi connectivity index (χ1v) is 7.14. The Morgan fingerprint density at radius 3 is 2.30 bits per heavy atom. The lowest BCUT2D eigenvalue weighted by Crippen LogP contribution is -2.36. The Balaban J connectivity index is 1.76. The molecule has 3 N–H and O–H groups in total. The fourth-order valence-corrected chi connectivity index (χ4v) is 1.97. The van der Waals surface area contributed by atoms with Gasteiger partial charge in [-0.1, -0.05) is 30.3 Å². The smallest absolute Gasteiger partial charge is 0.313 e. The van der Waals surface area contributed by atoms with Crippen molar-refractivity contribution in [2.75, 3.05) is 11.9 Å². The minimum Gasteiger partial charge on any atom is -0.388 e. The molecule has 2 aromatic carbocycles. The van der Waals surface area contributed by atoms with Gasteiger partial charge in [-0.2, -0.15) is 0 Å². The minimum atomic E-state index is -0.842. The van der Waals surface area contributed by atoms with Crippen molar-refractivity contribution in [2.45, 2.75) is 12.5 Å². The van der Waals surface area contributed by atoms with E-state index >= 15 is 0 Å². The maximum Gasteiger partial charge on any atom is 0.313 e. The number of aliphatic hydroxyl groups is 1. The van der Waals surface area contributed by atoms with Crippen molar-refractivity contribution in [3.8, 4) is 0 Å². The molecule has 2 rings (SSSR count). The van der Waals surface area contributed by atoms with E-state index in [1.54, 1.807) is 12.1 Å². The highest BCUT2D eigenvalue weighted by atomic mass is 19.1. The number of carbonyl (C=O) groups is 2. The molecular formula is C17H17FN2O3. The number of carbonyl (C=O) groups excluding carboxylic acids is 2. The van der Waals surface area contributed by atoms with Crippen LogP contribution in [0.25, 0.3) is 0 Å². The Labute approximate surface area is 133 Å². The zero-order valence-electron chi connectivity index (χ0n) is 12.3. The van der Waals surface area contributed by atoms with Crippen LogP contribution in [-0.4, -0.2) is 23.5 Å². The molecule has 120 valence electrons. The summed E-state index contributed by atoms with van der Waals surface area (Å²) in [6.07, 6.45) is -0.420. The molecule has 6 heteroatoms. The van der Waals surface area contributed by atoms with Crippen molar-refractivity contribution in [3.63, 3.8) is 0 Å². The van der Waals surface area contributed by atoms with Crippen LogP contribution in [-0.2, 0) is 9.59 Å². The molecule has 23 heavy (non-hydrogen) atoms. The third kappa shape index (κ3) is 5.19. The lowest BCUT2D eigenvalue weighted by molar-refractivity contribution is -0.136. The standard InChI is InChI=1S/C17H17FN2O3/c18-13-6-8-14(9-7-13)20-17(23)16(22)19-11-10-15(21)12-4-2-1-3-5-12/h1-9,15,21H,10-11H2,(H,19,22)(H,20,23). The summed E-state index contributed by atoms with van der Waals surface area (Å²) in [7, 11) is 0. The van der Waals surface area contributed by atoms with Crippen LogP contribution in [0.2, 0.25) is 0 Å². The third-order valence-electron chi connectivity index (χ3n) is 3.20. The molecule has 0 saturated carbocycles. The fourth-order valence-electron chi connectivity index (χ4n) is 1.97. The molecule has 2 aromatic rings. The molecule has 0 bridgehead atoms. The number of aliphatic hydroxyl groups excluding tert-OH is 1. The SMILES string of the molecule is O=C(NCCC(O)c1ccccc1)C(=O)Nc1ccc(F)cc1. The summed E-state index contributed by atoms with van der Waals surface area (Å²) in [6, 6.07) is 14.1. The van der Waals surface area contributed by atoms with Crippen LogP contribution >= 0.6 is 0 Å². The van der Waals surface area contributed by atoms with Gasteiger partial charge >= 0.3 is 11.8 Å². The van der Waals surface area contributed by atoms with Gasteiger partial charge in [-0.3, -0.25) is 9.59 Å². The molecule has 0 fully saturated rings. The van der Waals surface area contributed by atoms with Gasteiger partial charge in [0.1, 0.15) is 5.82 Å². The Morgan fingerprint density at radius 2 is 1.65 bits per heavy atom. The summed E-state index contributed by atoms with van der Waals surface area (Å²) >= 11 is 0. The second-order valence-electron chi connectivity index (χ2n) is 4.93. The second-order valence-corrected chi connectivity index (χ2v) is 4.93. The molecule has 0 aliphatic carbocycles. The number of halogens is 1. The molecule has 0 heterocycles. The van der Waals surface area contributed by atoms with E-state index < -0.39 is 23.7 Å². The molecule has 0 spiro atoms. The van der Waals surface area contributed by atoms with Crippen LogP contribution in [0.1, 0.15) is 18.1 Å². The number of benzene rings is 2. The summed E-state index contributed by atoms with van der Waals surface area (Å²) in [5, 5.41) is 14.7. The first kappa shape index (κ1) is 16.6. The van der Waals surface area contributed by atoms with E-state index in [0.29, 0.717) is 12.1 Å². The van der Waals surface area contributed by atoms with Gasteiger partial charge < -0.3 is 15.7 Å². The Morgan fingerprint density at radius 1 is 1.00 bits per heavy atom. The van der Waals surface area contributed by atoms with Gasteiger partial charge in [0.25, 0.3) is 0 Å². The number of hydrogen-bond acceptors (Lipinski definition) is 3. The minimum absolute atomic E-state index is 0.158. The summed E-state index contributed by atoms with van der Waals surface area (Å²) < 4.78 is 12.7. The maximum absolute atomic E-state index is 12.7. The van der Waals surface area contributed by atoms with Crippen LogP contribution in [0.5, 0.6) is 0 Å². The van der Waals surface area contributed by atoms with Crippen LogP contribution in [0.4, 0.5) is 10.1 Å². The predicted molar refractivity (Wildman–Crippen MR) is 84.1 cm³/mol. The van der Waals surface area contributed by atoms with Crippen molar-refractivity contribution >= 4 is 17.5 Å². The van der Waals surface area contributed by atoms with Crippen molar-refractivity contribution in [3.05, 3.63) is 66.0 Å². The van der Waals surface area contributed by atoms with Crippen molar-refractivity contribution in [2.24, 2.45) is 0 Å². The number of nitrogens with one attached hydrogen (secondary N) is 2. The quantitative estimate of drug-likeness (QED) is 0.738. The third-order valence-corrected chi connectivity index (χ3v) is 3.20. The zero-order chi connectivity index (χ0) is 16.7. The molecule has 0 aliphatic heterocycles. The number of rotatable bonds is 5. The van der Waals surface area contributed by atoms with Crippen molar-refractivity contribution < 1.29 is 19.1 Å². The molecule has 0 aliphatic rings. The van der Waals surface area contributed by atoms with Gasteiger partial charge in [-0.15, -0.1) is 0 Å². The highest BCUT2D eigenvalue weighted by Crippen LogP contribution is 2.14. The van der Waals surface area contributed by atoms with Gasteiger partial charge in [-0.25, -0.2) is 4.39 Å². The second kappa shape index (κ2) is 8.05. The van der Waals surface area contributed by atoms with Gasteiger partial charge in [0.2, 0.25) is 0 Å². The Kier molecular flexibility index (Phi) is 5.82. The predicted octanol–water partition coefficient (Wildman–Crippen LogP) is 2.00. The number of amides is 2. The van der Waals surface area contributed by atoms with Crippen LogP contribution < -0.4 is 10.6 Å². The summed E-state index contributed by atoms with van der Waals surface area (Å²) in [5.41, 5.74) is 1.08. The summed E-state index contributed by atoms with van der Waals surface area (Å²) in [6.45, 7) is 0.158. The number of hydrogen-bond donors (Lipinski definition) is 3.